The minimum absolute atomic E-state index is 0.687. The van der Waals surface area contributed by atoms with E-state index in [9.17, 15) is 0 Å². The predicted molar refractivity (Wildman–Crippen MR) is 85.0 cm³/mol. The van der Waals surface area contributed by atoms with Crippen molar-refractivity contribution in [2.75, 3.05) is 19.5 Å². The number of hydrogen-bond acceptors (Lipinski definition) is 3. The summed E-state index contributed by atoms with van der Waals surface area (Å²) >= 11 is 1.76. The van der Waals surface area contributed by atoms with Crippen LogP contribution >= 0.6 is 11.8 Å². The summed E-state index contributed by atoms with van der Waals surface area (Å²) in [4.78, 5) is 1.29. The van der Waals surface area contributed by atoms with Crippen molar-refractivity contribution in [3.63, 3.8) is 0 Å². The average molecular weight is 288 g/mol. The fourth-order valence-electron chi connectivity index (χ4n) is 1.88. The van der Waals surface area contributed by atoms with E-state index in [-0.39, 0.29) is 0 Å². The maximum Gasteiger partial charge on any atom is 0.119 e. The Morgan fingerprint density at radius 1 is 0.850 bits per heavy atom. The van der Waals surface area contributed by atoms with E-state index in [1.54, 1.807) is 11.8 Å². The van der Waals surface area contributed by atoms with Crippen molar-refractivity contribution in [2.45, 2.75) is 18.2 Å². The van der Waals surface area contributed by atoms with Gasteiger partial charge < -0.3 is 9.47 Å². The highest BCUT2D eigenvalue weighted by atomic mass is 32.2. The third kappa shape index (κ3) is 4.49. The molecule has 0 saturated heterocycles. The first-order chi connectivity index (χ1) is 9.81. The van der Waals surface area contributed by atoms with Crippen LogP contribution in [0, 0.1) is 0 Å². The second kappa shape index (κ2) is 7.85. The van der Waals surface area contributed by atoms with E-state index in [0.717, 1.165) is 17.9 Å². The smallest absolute Gasteiger partial charge is 0.119 e. The summed E-state index contributed by atoms with van der Waals surface area (Å²) < 4.78 is 11.1. The SMILES string of the molecule is CCOc1ccc(OCCc2ccc(SC)cc2)cc1. The van der Waals surface area contributed by atoms with Gasteiger partial charge in [0, 0.05) is 11.3 Å². The Labute approximate surface area is 125 Å². The molecule has 20 heavy (non-hydrogen) atoms. The van der Waals surface area contributed by atoms with Crippen LogP contribution in [0.4, 0.5) is 0 Å². The van der Waals surface area contributed by atoms with E-state index < -0.39 is 0 Å². The first-order valence-electron chi connectivity index (χ1n) is 6.80. The van der Waals surface area contributed by atoms with Gasteiger partial charge in [-0.1, -0.05) is 12.1 Å². The zero-order chi connectivity index (χ0) is 14.2. The summed E-state index contributed by atoms with van der Waals surface area (Å²) in [7, 11) is 0. The quantitative estimate of drug-likeness (QED) is 0.702. The monoisotopic (exact) mass is 288 g/mol. The molecule has 0 saturated carbocycles. The van der Waals surface area contributed by atoms with E-state index in [4.69, 9.17) is 9.47 Å². The van der Waals surface area contributed by atoms with E-state index >= 15 is 0 Å². The lowest BCUT2D eigenvalue weighted by molar-refractivity contribution is 0.318. The molecule has 0 bridgehead atoms. The number of thioether (sulfide) groups is 1. The van der Waals surface area contributed by atoms with Crippen molar-refractivity contribution in [1.82, 2.24) is 0 Å². The number of hydrogen-bond donors (Lipinski definition) is 0. The third-order valence-corrected chi connectivity index (χ3v) is 3.70. The van der Waals surface area contributed by atoms with Crippen molar-refractivity contribution >= 4 is 11.8 Å². The molecule has 0 heterocycles. The second-order valence-corrected chi connectivity index (χ2v) is 5.23. The van der Waals surface area contributed by atoms with Gasteiger partial charge in [0.15, 0.2) is 0 Å². The zero-order valence-corrected chi connectivity index (χ0v) is 12.8. The van der Waals surface area contributed by atoms with Crippen molar-refractivity contribution in [1.29, 1.82) is 0 Å². The fourth-order valence-corrected chi connectivity index (χ4v) is 2.29. The Hall–Kier alpha value is -1.61. The van der Waals surface area contributed by atoms with E-state index in [0.29, 0.717) is 13.2 Å². The number of ether oxygens (including phenoxy) is 2. The van der Waals surface area contributed by atoms with Gasteiger partial charge in [-0.05, 0) is 55.1 Å². The zero-order valence-electron chi connectivity index (χ0n) is 12.0. The molecule has 2 rings (SSSR count). The minimum atomic E-state index is 0.687. The predicted octanol–water partition coefficient (Wildman–Crippen LogP) is 4.43. The van der Waals surface area contributed by atoms with Gasteiger partial charge in [-0.15, -0.1) is 11.8 Å². The van der Waals surface area contributed by atoms with Gasteiger partial charge in [0.05, 0.1) is 13.2 Å². The molecule has 3 heteroatoms. The minimum Gasteiger partial charge on any atom is -0.494 e. The standard InChI is InChI=1S/C17H20O2S/c1-3-18-15-6-8-16(9-7-15)19-13-12-14-4-10-17(20-2)11-5-14/h4-11H,3,12-13H2,1-2H3. The van der Waals surface area contributed by atoms with Crippen LogP contribution in [-0.2, 0) is 6.42 Å². The molecule has 0 fully saturated rings. The highest BCUT2D eigenvalue weighted by molar-refractivity contribution is 7.98. The number of benzene rings is 2. The summed E-state index contributed by atoms with van der Waals surface area (Å²) in [6.07, 6.45) is 3.01. The van der Waals surface area contributed by atoms with Crippen LogP contribution < -0.4 is 9.47 Å². The molecule has 0 spiro atoms. The molecule has 0 N–H and O–H groups in total. The molecule has 0 atom stereocenters. The molecule has 2 nitrogen and oxygen atoms in total. The Balaban J connectivity index is 1.79. The van der Waals surface area contributed by atoms with E-state index in [1.807, 2.05) is 31.2 Å². The van der Waals surface area contributed by atoms with Gasteiger partial charge in [-0.2, -0.15) is 0 Å². The molecule has 0 aliphatic heterocycles. The normalized spacial score (nSPS) is 10.3. The van der Waals surface area contributed by atoms with Crippen molar-refractivity contribution in [3.05, 3.63) is 54.1 Å². The average Bonchev–Trinajstić information content (AvgIpc) is 2.50. The highest BCUT2D eigenvalue weighted by Gasteiger charge is 1.98. The summed E-state index contributed by atoms with van der Waals surface area (Å²) in [5, 5.41) is 0. The maximum absolute atomic E-state index is 5.74. The Bertz CT molecular complexity index is 506. The van der Waals surface area contributed by atoms with Crippen LogP contribution in [0.25, 0.3) is 0 Å². The summed E-state index contributed by atoms with van der Waals surface area (Å²) in [6, 6.07) is 16.4. The largest absolute Gasteiger partial charge is 0.494 e. The van der Waals surface area contributed by atoms with Crippen LogP contribution in [0.3, 0.4) is 0 Å². The molecular formula is C17H20O2S. The molecule has 0 unspecified atom stereocenters. The van der Waals surface area contributed by atoms with Crippen molar-refractivity contribution < 1.29 is 9.47 Å². The fraction of sp³-hybridized carbons (Fsp3) is 0.294. The molecule has 0 radical (unpaired) electrons. The number of rotatable bonds is 7. The van der Waals surface area contributed by atoms with Gasteiger partial charge in [0.25, 0.3) is 0 Å². The first kappa shape index (κ1) is 14.8. The van der Waals surface area contributed by atoms with Crippen LogP contribution in [-0.4, -0.2) is 19.5 Å². The van der Waals surface area contributed by atoms with Crippen LogP contribution in [0.5, 0.6) is 11.5 Å². The Morgan fingerprint density at radius 3 is 2.00 bits per heavy atom. The Kier molecular flexibility index (Phi) is 5.81. The summed E-state index contributed by atoms with van der Waals surface area (Å²) in [5.74, 6) is 1.77. The topological polar surface area (TPSA) is 18.5 Å². The van der Waals surface area contributed by atoms with Gasteiger partial charge in [0.1, 0.15) is 11.5 Å². The molecule has 2 aromatic rings. The second-order valence-electron chi connectivity index (χ2n) is 4.35. The molecule has 106 valence electrons. The van der Waals surface area contributed by atoms with E-state index in [2.05, 4.69) is 30.5 Å². The molecule has 2 aromatic carbocycles. The lowest BCUT2D eigenvalue weighted by atomic mass is 10.2. The Morgan fingerprint density at radius 2 is 1.45 bits per heavy atom. The highest BCUT2D eigenvalue weighted by Crippen LogP contribution is 2.18. The lowest BCUT2D eigenvalue weighted by Crippen LogP contribution is -2.01. The van der Waals surface area contributed by atoms with Crippen LogP contribution in [0.2, 0.25) is 0 Å². The van der Waals surface area contributed by atoms with E-state index in [1.165, 1.54) is 10.5 Å². The molecule has 0 aliphatic carbocycles. The molecular weight excluding hydrogens is 268 g/mol. The van der Waals surface area contributed by atoms with Gasteiger partial charge in [-0.25, -0.2) is 0 Å². The first-order valence-corrected chi connectivity index (χ1v) is 8.03. The van der Waals surface area contributed by atoms with Gasteiger partial charge in [-0.3, -0.25) is 0 Å². The molecule has 0 aliphatic rings. The molecule has 0 amide bonds. The lowest BCUT2D eigenvalue weighted by Gasteiger charge is -2.08. The van der Waals surface area contributed by atoms with Gasteiger partial charge in [0.2, 0.25) is 0 Å². The van der Waals surface area contributed by atoms with Crippen LogP contribution in [0.1, 0.15) is 12.5 Å². The van der Waals surface area contributed by atoms with Gasteiger partial charge >= 0.3 is 0 Å². The van der Waals surface area contributed by atoms with Crippen molar-refractivity contribution in [2.24, 2.45) is 0 Å². The molecule has 0 aromatic heterocycles. The third-order valence-electron chi connectivity index (χ3n) is 2.95. The maximum atomic E-state index is 5.74. The summed E-state index contributed by atoms with van der Waals surface area (Å²) in [6.45, 7) is 3.35. The van der Waals surface area contributed by atoms with Crippen LogP contribution in [0.15, 0.2) is 53.4 Å². The summed E-state index contributed by atoms with van der Waals surface area (Å²) in [5.41, 5.74) is 1.30. The van der Waals surface area contributed by atoms with Crippen molar-refractivity contribution in [3.8, 4) is 11.5 Å².